The number of imide groups is 2. The Morgan fingerprint density at radius 3 is 1.80 bits per heavy atom. The molecule has 6 amide bonds. The van der Waals surface area contributed by atoms with Gasteiger partial charge < -0.3 is 20.5 Å². The molecular weight excluding hydrogens is 568 g/mol. The number of carbonyl (C=O) groups is 6. The molecule has 3 N–H and O–H groups in total. The molecule has 0 saturated carbocycles. The minimum absolute atomic E-state index is 0.00292. The lowest BCUT2D eigenvalue weighted by molar-refractivity contribution is -0.141. The highest BCUT2D eigenvalue weighted by atomic mass is 16.5. The van der Waals surface area contributed by atoms with E-state index < -0.39 is 5.60 Å². The Morgan fingerprint density at radius 2 is 1.43 bits per heavy atom. The summed E-state index contributed by atoms with van der Waals surface area (Å²) >= 11 is 0. The van der Waals surface area contributed by atoms with Crippen LogP contribution >= 0.6 is 0 Å². The number of aliphatic hydroxyl groups excluding tert-OH is 1. The van der Waals surface area contributed by atoms with Crippen molar-refractivity contribution in [2.24, 2.45) is 17.8 Å². The van der Waals surface area contributed by atoms with Crippen molar-refractivity contribution in [1.29, 1.82) is 0 Å². The Hall–Kier alpha value is -2.86. The van der Waals surface area contributed by atoms with Gasteiger partial charge in [0.1, 0.15) is 0 Å². The maximum Gasteiger partial charge on any atom is 0.232 e. The van der Waals surface area contributed by atoms with E-state index in [1.54, 1.807) is 27.7 Å². The Kier molecular flexibility index (Phi) is 27.5. The molecule has 0 bridgehead atoms. The zero-order valence-corrected chi connectivity index (χ0v) is 29.3. The Balaban J connectivity index is -0.000000564. The van der Waals surface area contributed by atoms with E-state index in [0.29, 0.717) is 45.0 Å². The van der Waals surface area contributed by atoms with Gasteiger partial charge in [0.15, 0.2) is 0 Å². The van der Waals surface area contributed by atoms with Gasteiger partial charge in [-0.2, -0.15) is 0 Å². The van der Waals surface area contributed by atoms with Crippen LogP contribution in [0.1, 0.15) is 108 Å². The van der Waals surface area contributed by atoms with Crippen LogP contribution in [-0.4, -0.2) is 95.8 Å². The zero-order chi connectivity index (χ0) is 34.9. The summed E-state index contributed by atoms with van der Waals surface area (Å²) in [7, 11) is 0. The third kappa shape index (κ3) is 20.2. The molecule has 258 valence electrons. The summed E-state index contributed by atoms with van der Waals surface area (Å²) in [5.74, 6) is -0.210. The second-order valence-corrected chi connectivity index (χ2v) is 11.1. The maximum atomic E-state index is 11.6. The second kappa shape index (κ2) is 26.5. The van der Waals surface area contributed by atoms with Crippen molar-refractivity contribution < 1.29 is 38.6 Å². The lowest BCUT2D eigenvalue weighted by Crippen LogP contribution is -2.35. The van der Waals surface area contributed by atoms with Crippen molar-refractivity contribution >= 4 is 35.9 Å². The van der Waals surface area contributed by atoms with Crippen molar-refractivity contribution in [1.82, 2.24) is 20.4 Å². The van der Waals surface area contributed by atoms with Crippen LogP contribution in [0.3, 0.4) is 0 Å². The molecule has 2 saturated heterocycles. The van der Waals surface area contributed by atoms with Gasteiger partial charge in [0.05, 0.1) is 18.8 Å². The van der Waals surface area contributed by atoms with E-state index in [9.17, 15) is 28.8 Å². The lowest BCUT2D eigenvalue weighted by Gasteiger charge is -2.22. The highest BCUT2D eigenvalue weighted by molar-refractivity contribution is 6.04. The second-order valence-electron chi connectivity index (χ2n) is 11.1. The molecule has 2 heterocycles. The highest BCUT2D eigenvalue weighted by Gasteiger charge is 2.35. The van der Waals surface area contributed by atoms with E-state index in [1.165, 1.54) is 9.80 Å². The largest absolute Gasteiger partial charge is 0.393 e. The van der Waals surface area contributed by atoms with Gasteiger partial charge in [-0.1, -0.05) is 62.3 Å². The van der Waals surface area contributed by atoms with Crippen molar-refractivity contribution in [3.8, 4) is 0 Å². The minimum Gasteiger partial charge on any atom is -0.393 e. The SMILES string of the molecule is CC.CC.CC(C)(CO)OCCNC=O.CC(C)CCNC(=O)CCN1C(=O)CC(C)C1=O.CCCN1C(=O)CC(C)C1=O. The molecule has 0 aromatic heterocycles. The van der Waals surface area contributed by atoms with Crippen molar-refractivity contribution in [2.75, 3.05) is 39.4 Å². The summed E-state index contributed by atoms with van der Waals surface area (Å²) in [4.78, 5) is 69.3. The van der Waals surface area contributed by atoms with Crippen LogP contribution in [0.4, 0.5) is 0 Å². The normalized spacial score (nSPS) is 17.4. The quantitative estimate of drug-likeness (QED) is 0.150. The molecule has 0 radical (unpaired) electrons. The summed E-state index contributed by atoms with van der Waals surface area (Å²) in [6.45, 7) is 23.6. The zero-order valence-electron chi connectivity index (χ0n) is 29.3. The van der Waals surface area contributed by atoms with Crippen LogP contribution < -0.4 is 10.6 Å². The summed E-state index contributed by atoms with van der Waals surface area (Å²) in [5.41, 5.74) is -0.509. The van der Waals surface area contributed by atoms with Crippen molar-refractivity contribution in [3.05, 3.63) is 0 Å². The Morgan fingerprint density at radius 1 is 0.955 bits per heavy atom. The standard InChI is InChI=1S/C13H22N2O3.C8H13NO2.C7H15NO3.2C2H6/c1-9(2)4-6-14-11(16)5-7-15-12(17)8-10(3)13(15)18;1-3-4-9-7(10)5-6(2)8(9)11;1-7(2,5-9)11-4-3-8-6-10;2*1-2/h9-10H,4-8H2,1-3H3,(H,14,16);6H,3-5H2,1-2H3;6,9H,3-5H2,1-2H3,(H,8,10);2*1-2H3. The minimum atomic E-state index is -0.509. The fraction of sp³-hybridized carbons (Fsp3) is 0.812. The molecule has 2 unspecified atom stereocenters. The molecule has 2 aliphatic heterocycles. The third-order valence-electron chi connectivity index (χ3n) is 6.20. The molecule has 0 aliphatic carbocycles. The topological polar surface area (TPSA) is 162 Å². The van der Waals surface area contributed by atoms with E-state index in [2.05, 4.69) is 24.5 Å². The number of amides is 6. The first-order valence-corrected chi connectivity index (χ1v) is 16.1. The molecule has 0 spiro atoms. The number of rotatable bonds is 14. The van der Waals surface area contributed by atoms with Crippen LogP contribution in [0.2, 0.25) is 0 Å². The van der Waals surface area contributed by atoms with Crippen molar-refractivity contribution in [2.45, 2.75) is 114 Å². The fourth-order valence-electron chi connectivity index (χ4n) is 3.68. The molecule has 0 aromatic carbocycles. The number of hydrogen-bond donors (Lipinski definition) is 3. The van der Waals surface area contributed by atoms with Crippen LogP contribution in [0.25, 0.3) is 0 Å². The number of hydrogen-bond acceptors (Lipinski definition) is 8. The smallest absolute Gasteiger partial charge is 0.232 e. The predicted molar refractivity (Wildman–Crippen MR) is 172 cm³/mol. The first kappa shape index (κ1) is 45.6. The lowest BCUT2D eigenvalue weighted by atomic mass is 10.1. The van der Waals surface area contributed by atoms with Gasteiger partial charge >= 0.3 is 0 Å². The monoisotopic (exact) mass is 630 g/mol. The van der Waals surface area contributed by atoms with E-state index in [4.69, 9.17) is 9.84 Å². The summed E-state index contributed by atoms with van der Waals surface area (Å²) in [6.07, 6.45) is 3.28. The Labute approximate surface area is 266 Å². The molecule has 2 rings (SSSR count). The predicted octanol–water partition coefficient (Wildman–Crippen LogP) is 3.30. The van der Waals surface area contributed by atoms with Gasteiger partial charge in [-0.3, -0.25) is 38.6 Å². The van der Waals surface area contributed by atoms with Gasteiger partial charge in [-0.25, -0.2) is 0 Å². The first-order chi connectivity index (χ1) is 20.7. The Bertz CT molecular complexity index is 848. The first-order valence-electron chi connectivity index (χ1n) is 16.1. The average molecular weight is 631 g/mol. The number of ether oxygens (including phenoxy) is 1. The number of carbonyl (C=O) groups excluding carboxylic acids is 6. The molecule has 12 heteroatoms. The molecule has 12 nitrogen and oxygen atoms in total. The highest BCUT2D eigenvalue weighted by Crippen LogP contribution is 2.19. The maximum absolute atomic E-state index is 11.6. The van der Waals surface area contributed by atoms with E-state index >= 15 is 0 Å². The summed E-state index contributed by atoms with van der Waals surface area (Å²) < 4.78 is 5.21. The van der Waals surface area contributed by atoms with Gasteiger partial charge in [0.25, 0.3) is 0 Å². The molecule has 2 fully saturated rings. The summed E-state index contributed by atoms with van der Waals surface area (Å²) in [6, 6.07) is 0. The fourth-order valence-corrected chi connectivity index (χ4v) is 3.68. The van der Waals surface area contributed by atoms with E-state index in [0.717, 1.165) is 12.8 Å². The molecule has 2 atom stereocenters. The molecule has 0 aromatic rings. The number of nitrogens with zero attached hydrogens (tertiary/aromatic N) is 2. The number of nitrogens with one attached hydrogen (secondary N) is 2. The summed E-state index contributed by atoms with van der Waals surface area (Å²) in [5, 5.41) is 14.0. The molecule has 44 heavy (non-hydrogen) atoms. The van der Waals surface area contributed by atoms with Crippen molar-refractivity contribution in [3.63, 3.8) is 0 Å². The van der Waals surface area contributed by atoms with Crippen LogP contribution in [0.5, 0.6) is 0 Å². The third-order valence-corrected chi connectivity index (χ3v) is 6.20. The van der Waals surface area contributed by atoms with Gasteiger partial charge in [-0.15, -0.1) is 0 Å². The number of likely N-dealkylation sites (tertiary alicyclic amines) is 2. The van der Waals surface area contributed by atoms with Gasteiger partial charge in [0, 0.05) is 57.3 Å². The van der Waals surface area contributed by atoms with Crippen LogP contribution in [0, 0.1) is 17.8 Å². The van der Waals surface area contributed by atoms with E-state index in [1.807, 2.05) is 34.6 Å². The van der Waals surface area contributed by atoms with E-state index in [-0.39, 0.29) is 67.4 Å². The molecule has 2 aliphatic rings. The van der Waals surface area contributed by atoms with Crippen LogP contribution in [0.15, 0.2) is 0 Å². The number of aliphatic hydroxyl groups is 1. The van der Waals surface area contributed by atoms with Gasteiger partial charge in [0.2, 0.25) is 35.9 Å². The average Bonchev–Trinajstić information content (AvgIpc) is 3.38. The van der Waals surface area contributed by atoms with Crippen LogP contribution in [-0.2, 0) is 33.5 Å². The molecular formula is C32H62N4O8. The van der Waals surface area contributed by atoms with Gasteiger partial charge in [-0.05, 0) is 32.6 Å².